The molecule has 0 heterocycles. The molecule has 0 aliphatic rings. The number of aryl methyl sites for hydroxylation is 3. The summed E-state index contributed by atoms with van der Waals surface area (Å²) in [5.41, 5.74) is 5.75. The lowest BCUT2D eigenvalue weighted by Crippen LogP contribution is -2.36. The van der Waals surface area contributed by atoms with Crippen LogP contribution in [0.15, 0.2) is 66.7 Å². The number of rotatable bonds is 10. The zero-order chi connectivity index (χ0) is 24.7. The van der Waals surface area contributed by atoms with Crippen molar-refractivity contribution in [2.45, 2.75) is 72.6 Å². The smallest absolute Gasteiger partial charge is 0.343 e. The zero-order valence-corrected chi connectivity index (χ0v) is 21.0. The Kier molecular flexibility index (Phi) is 8.89. The Morgan fingerprint density at radius 1 is 0.882 bits per heavy atom. The highest BCUT2D eigenvalue weighted by Crippen LogP contribution is 2.26. The topological polar surface area (TPSA) is 49.8 Å². The third-order valence-corrected chi connectivity index (χ3v) is 6.11. The Balaban J connectivity index is 1.73. The van der Waals surface area contributed by atoms with E-state index >= 15 is 0 Å². The maximum Gasteiger partial charge on any atom is 0.343 e. The van der Waals surface area contributed by atoms with Gasteiger partial charge in [0.1, 0.15) is 5.75 Å². The molecule has 34 heavy (non-hydrogen) atoms. The summed E-state index contributed by atoms with van der Waals surface area (Å²) in [6.07, 6.45) is 2.59. The maximum absolute atomic E-state index is 12.8. The number of hydrogen-bond donors (Lipinski definition) is 1. The molecule has 0 radical (unpaired) electrons. The Morgan fingerprint density at radius 3 is 2.29 bits per heavy atom. The lowest BCUT2D eigenvalue weighted by atomic mass is 10.0. The monoisotopic (exact) mass is 459 g/mol. The van der Waals surface area contributed by atoms with E-state index in [0.29, 0.717) is 23.4 Å². The van der Waals surface area contributed by atoms with Crippen molar-refractivity contribution >= 4 is 11.7 Å². The van der Waals surface area contributed by atoms with Crippen LogP contribution in [0, 0.1) is 6.92 Å². The minimum Gasteiger partial charge on any atom is -0.423 e. The first-order chi connectivity index (χ1) is 16.3. The van der Waals surface area contributed by atoms with Crippen LogP contribution in [-0.2, 0) is 19.4 Å². The third-order valence-electron chi connectivity index (χ3n) is 6.11. The molecule has 4 nitrogen and oxygen atoms in total. The molecule has 4 heteroatoms. The average molecular weight is 460 g/mol. The molecule has 1 N–H and O–H groups in total. The van der Waals surface area contributed by atoms with E-state index in [1.807, 2.05) is 31.2 Å². The van der Waals surface area contributed by atoms with E-state index in [4.69, 9.17) is 4.74 Å². The van der Waals surface area contributed by atoms with Crippen molar-refractivity contribution in [3.05, 3.63) is 94.5 Å². The highest BCUT2D eigenvalue weighted by Gasteiger charge is 2.16. The second-order valence-corrected chi connectivity index (χ2v) is 9.42. The van der Waals surface area contributed by atoms with E-state index in [9.17, 15) is 9.90 Å². The molecule has 3 aromatic carbocycles. The molecular formula is C30H37NO3. The number of aliphatic hydroxyl groups excluding tert-OH is 1. The van der Waals surface area contributed by atoms with Gasteiger partial charge in [0.25, 0.3) is 0 Å². The van der Waals surface area contributed by atoms with Crippen LogP contribution in [-0.4, -0.2) is 23.2 Å². The fraction of sp³-hybridized carbons (Fsp3) is 0.367. The first-order valence-electron chi connectivity index (χ1n) is 12.2. The van der Waals surface area contributed by atoms with E-state index in [1.54, 1.807) is 18.2 Å². The Bertz CT molecular complexity index is 1100. The summed E-state index contributed by atoms with van der Waals surface area (Å²) in [7, 11) is 0. The molecule has 0 aromatic heterocycles. The number of anilines is 1. The molecule has 0 aliphatic carbocycles. The summed E-state index contributed by atoms with van der Waals surface area (Å²) in [6, 6.07) is 22.6. The molecular weight excluding hydrogens is 422 g/mol. The number of nitrogens with zero attached hydrogens (tertiary/aromatic N) is 1. The molecule has 3 rings (SSSR count). The minimum absolute atomic E-state index is 0.0404. The van der Waals surface area contributed by atoms with E-state index in [0.717, 1.165) is 36.0 Å². The Morgan fingerprint density at radius 2 is 1.62 bits per heavy atom. The molecule has 0 fully saturated rings. The second kappa shape index (κ2) is 11.8. The molecule has 0 aliphatic heterocycles. The number of carbonyl (C=O) groups is 1. The largest absolute Gasteiger partial charge is 0.423 e. The molecule has 0 atom stereocenters. The Labute approximate surface area is 204 Å². The van der Waals surface area contributed by atoms with Crippen LogP contribution in [0.25, 0.3) is 0 Å². The van der Waals surface area contributed by atoms with Crippen molar-refractivity contribution in [2.75, 3.05) is 4.90 Å². The van der Waals surface area contributed by atoms with Crippen molar-refractivity contribution in [3.63, 3.8) is 0 Å². The summed E-state index contributed by atoms with van der Waals surface area (Å²) in [5, 5.41) is 9.61. The molecule has 0 saturated carbocycles. The van der Waals surface area contributed by atoms with Crippen LogP contribution in [0.4, 0.5) is 5.69 Å². The summed E-state index contributed by atoms with van der Waals surface area (Å²) in [5.74, 6) is 0.205. The summed E-state index contributed by atoms with van der Waals surface area (Å²) in [6.45, 7) is 10.8. The predicted molar refractivity (Wildman–Crippen MR) is 140 cm³/mol. The number of aliphatic hydroxyl groups is 1. The summed E-state index contributed by atoms with van der Waals surface area (Å²) < 4.78 is 5.79. The summed E-state index contributed by atoms with van der Waals surface area (Å²) in [4.78, 5) is 15.2. The van der Waals surface area contributed by atoms with Crippen molar-refractivity contribution in [1.29, 1.82) is 0 Å². The SMILES string of the molecule is Cc1ccccc1C(=O)Oc1ccc(CO)cc1CCCc1cccc(N(C(C)C)C(C)C)c1. The molecule has 0 spiro atoms. The van der Waals surface area contributed by atoms with Crippen molar-refractivity contribution in [2.24, 2.45) is 0 Å². The van der Waals surface area contributed by atoms with Gasteiger partial charge < -0.3 is 14.7 Å². The van der Waals surface area contributed by atoms with Crippen LogP contribution in [0.2, 0.25) is 0 Å². The van der Waals surface area contributed by atoms with Crippen molar-refractivity contribution < 1.29 is 14.6 Å². The Hall–Kier alpha value is -3.11. The quantitative estimate of drug-likeness (QED) is 0.277. The zero-order valence-electron chi connectivity index (χ0n) is 21.0. The van der Waals surface area contributed by atoms with Gasteiger partial charge in [0.15, 0.2) is 0 Å². The van der Waals surface area contributed by atoms with Crippen LogP contribution in [0.3, 0.4) is 0 Å². The lowest BCUT2D eigenvalue weighted by Gasteiger charge is -2.33. The van der Waals surface area contributed by atoms with Crippen LogP contribution < -0.4 is 9.64 Å². The van der Waals surface area contributed by atoms with Gasteiger partial charge in [-0.2, -0.15) is 0 Å². The molecule has 180 valence electrons. The fourth-order valence-corrected chi connectivity index (χ4v) is 4.53. The van der Waals surface area contributed by atoms with Crippen LogP contribution >= 0.6 is 0 Å². The molecule has 0 amide bonds. The number of carbonyl (C=O) groups excluding carboxylic acids is 1. The van der Waals surface area contributed by atoms with Crippen molar-refractivity contribution in [1.82, 2.24) is 0 Å². The molecule has 0 saturated heterocycles. The van der Waals surface area contributed by atoms with Crippen molar-refractivity contribution in [3.8, 4) is 5.75 Å². The number of esters is 1. The second-order valence-electron chi connectivity index (χ2n) is 9.42. The van der Waals surface area contributed by atoms with E-state index in [-0.39, 0.29) is 12.6 Å². The first-order valence-corrected chi connectivity index (χ1v) is 12.2. The van der Waals surface area contributed by atoms with Gasteiger partial charge in [0, 0.05) is 17.8 Å². The van der Waals surface area contributed by atoms with Crippen LogP contribution in [0.1, 0.15) is 66.7 Å². The van der Waals surface area contributed by atoms with E-state index in [2.05, 4.69) is 56.9 Å². The van der Waals surface area contributed by atoms with Gasteiger partial charge in [-0.25, -0.2) is 4.79 Å². The average Bonchev–Trinajstić information content (AvgIpc) is 2.80. The van der Waals surface area contributed by atoms with Gasteiger partial charge in [-0.1, -0.05) is 36.4 Å². The number of benzene rings is 3. The van der Waals surface area contributed by atoms with Gasteiger partial charge >= 0.3 is 5.97 Å². The van der Waals surface area contributed by atoms with E-state index < -0.39 is 0 Å². The number of ether oxygens (including phenoxy) is 1. The highest BCUT2D eigenvalue weighted by atomic mass is 16.5. The highest BCUT2D eigenvalue weighted by molar-refractivity contribution is 5.92. The minimum atomic E-state index is -0.355. The van der Waals surface area contributed by atoms with Crippen LogP contribution in [0.5, 0.6) is 5.75 Å². The fourth-order valence-electron chi connectivity index (χ4n) is 4.53. The van der Waals surface area contributed by atoms with Gasteiger partial charge in [0.05, 0.1) is 12.2 Å². The predicted octanol–water partition coefficient (Wildman–Crippen LogP) is 6.51. The number of hydrogen-bond acceptors (Lipinski definition) is 4. The van der Waals surface area contributed by atoms with Gasteiger partial charge in [-0.3, -0.25) is 0 Å². The van der Waals surface area contributed by atoms with E-state index in [1.165, 1.54) is 11.3 Å². The molecule has 0 bridgehead atoms. The summed E-state index contributed by atoms with van der Waals surface area (Å²) >= 11 is 0. The first kappa shape index (κ1) is 25.5. The normalized spacial score (nSPS) is 11.2. The molecule has 3 aromatic rings. The maximum atomic E-state index is 12.8. The van der Waals surface area contributed by atoms with Gasteiger partial charge in [-0.05, 0) is 106 Å². The standard InChI is InChI=1S/C30H37NO3/c1-21(2)31(22(3)4)27-14-9-12-24(19-27)11-8-13-26-18-25(20-32)16-17-29(26)34-30(33)28-15-7-6-10-23(28)5/h6-7,9-10,12,14-19,21-22,32H,8,11,13,20H2,1-5H3. The lowest BCUT2D eigenvalue weighted by molar-refractivity contribution is 0.0732. The van der Waals surface area contributed by atoms with Gasteiger partial charge in [0.2, 0.25) is 0 Å². The molecule has 0 unspecified atom stereocenters. The third kappa shape index (κ3) is 6.48. The van der Waals surface area contributed by atoms with Gasteiger partial charge in [-0.15, -0.1) is 0 Å².